The Morgan fingerprint density at radius 3 is 2.41 bits per heavy atom. The van der Waals surface area contributed by atoms with Crippen LogP contribution >= 0.6 is 0 Å². The number of ether oxygens (including phenoxy) is 2. The highest BCUT2D eigenvalue weighted by Crippen LogP contribution is 2.28. The molecule has 0 atom stereocenters. The molecule has 1 fully saturated rings. The Bertz CT molecular complexity index is 1450. The standard InChI is InChI=1S/C28H24F3N3O5/c29-28(30,31)39-22-12-10-20(11-13-22)33-25(35)17-38-24-9-5-4-8-23(24)26(36)19-14-18(15-32)27(37)34(16-19)21-6-2-1-3-7-21/h4-5,8-14,16,21H,1-3,6-7,17H2,(H,33,35). The van der Waals surface area contributed by atoms with Gasteiger partial charge in [0, 0.05) is 23.5 Å². The first kappa shape index (κ1) is 27.4. The number of hydrogen-bond acceptors (Lipinski definition) is 6. The summed E-state index contributed by atoms with van der Waals surface area (Å²) in [4.78, 5) is 38.6. The molecule has 1 aliphatic carbocycles. The van der Waals surface area contributed by atoms with Gasteiger partial charge in [0.15, 0.2) is 12.4 Å². The number of carbonyl (C=O) groups is 2. The molecule has 39 heavy (non-hydrogen) atoms. The van der Waals surface area contributed by atoms with E-state index in [0.29, 0.717) is 0 Å². The molecule has 1 aromatic heterocycles. The molecule has 202 valence electrons. The smallest absolute Gasteiger partial charge is 0.483 e. The molecule has 2 aromatic carbocycles. The van der Waals surface area contributed by atoms with Gasteiger partial charge in [0.25, 0.3) is 11.5 Å². The molecule has 1 heterocycles. The number of halogens is 3. The highest BCUT2D eigenvalue weighted by atomic mass is 19.4. The predicted octanol–water partition coefficient (Wildman–Crippen LogP) is 5.37. The van der Waals surface area contributed by atoms with Gasteiger partial charge in [-0.3, -0.25) is 14.4 Å². The fraction of sp³-hybridized carbons (Fsp3) is 0.286. The van der Waals surface area contributed by atoms with E-state index in [0.717, 1.165) is 44.2 Å². The number of hydrogen-bond donors (Lipinski definition) is 1. The van der Waals surface area contributed by atoms with Gasteiger partial charge >= 0.3 is 6.36 Å². The average Bonchev–Trinajstić information content (AvgIpc) is 2.92. The van der Waals surface area contributed by atoms with Crippen LogP contribution in [-0.2, 0) is 4.79 Å². The molecule has 4 rings (SSSR count). The zero-order chi connectivity index (χ0) is 28.0. The van der Waals surface area contributed by atoms with Crippen LogP contribution in [0.15, 0.2) is 65.6 Å². The Kier molecular flexibility index (Phi) is 8.34. The van der Waals surface area contributed by atoms with E-state index in [4.69, 9.17) is 4.74 Å². The Morgan fingerprint density at radius 1 is 1.05 bits per heavy atom. The molecular weight excluding hydrogens is 515 g/mol. The molecule has 0 bridgehead atoms. The third kappa shape index (κ3) is 7.04. The number of aromatic nitrogens is 1. The molecular formula is C28H24F3N3O5. The fourth-order valence-electron chi connectivity index (χ4n) is 4.45. The highest BCUT2D eigenvalue weighted by molar-refractivity contribution is 6.10. The van der Waals surface area contributed by atoms with E-state index < -0.39 is 36.0 Å². The van der Waals surface area contributed by atoms with Crippen LogP contribution in [0, 0.1) is 11.3 Å². The van der Waals surface area contributed by atoms with E-state index in [2.05, 4.69) is 10.1 Å². The Balaban J connectivity index is 1.48. The van der Waals surface area contributed by atoms with Gasteiger partial charge in [0.2, 0.25) is 0 Å². The van der Waals surface area contributed by atoms with Gasteiger partial charge in [-0.15, -0.1) is 13.2 Å². The van der Waals surface area contributed by atoms with Crippen molar-refractivity contribution in [2.24, 2.45) is 0 Å². The quantitative estimate of drug-likeness (QED) is 0.385. The molecule has 1 saturated carbocycles. The molecule has 11 heteroatoms. The van der Waals surface area contributed by atoms with Crippen LogP contribution < -0.4 is 20.3 Å². The molecule has 0 aliphatic heterocycles. The van der Waals surface area contributed by atoms with Gasteiger partial charge in [-0.05, 0) is 55.3 Å². The second kappa shape index (κ2) is 11.9. The van der Waals surface area contributed by atoms with Gasteiger partial charge in [-0.2, -0.15) is 5.26 Å². The number of nitrogens with zero attached hydrogens (tertiary/aromatic N) is 2. The summed E-state index contributed by atoms with van der Waals surface area (Å²) in [6, 6.07) is 13.9. The topological polar surface area (TPSA) is 110 Å². The molecule has 1 aliphatic rings. The van der Waals surface area contributed by atoms with Crippen molar-refractivity contribution in [3.05, 3.63) is 87.8 Å². The summed E-state index contributed by atoms with van der Waals surface area (Å²) in [5.74, 6) is -1.41. The molecule has 3 aromatic rings. The molecule has 1 amide bonds. The van der Waals surface area contributed by atoms with Crippen molar-refractivity contribution in [1.82, 2.24) is 4.57 Å². The minimum atomic E-state index is -4.83. The largest absolute Gasteiger partial charge is 0.573 e. The van der Waals surface area contributed by atoms with Crippen LogP contribution in [-0.4, -0.2) is 29.2 Å². The van der Waals surface area contributed by atoms with E-state index in [1.165, 1.54) is 41.1 Å². The maximum Gasteiger partial charge on any atom is 0.573 e. The summed E-state index contributed by atoms with van der Waals surface area (Å²) >= 11 is 0. The second-order valence-electron chi connectivity index (χ2n) is 8.99. The summed E-state index contributed by atoms with van der Waals surface area (Å²) in [5, 5.41) is 12.0. The number of anilines is 1. The number of nitrogens with one attached hydrogen (secondary N) is 1. The summed E-state index contributed by atoms with van der Waals surface area (Å²) in [5.41, 5.74) is -0.0532. The molecule has 0 unspecified atom stereocenters. The third-order valence-corrected chi connectivity index (χ3v) is 6.26. The lowest BCUT2D eigenvalue weighted by molar-refractivity contribution is -0.274. The monoisotopic (exact) mass is 539 g/mol. The normalized spacial score (nSPS) is 13.8. The number of rotatable bonds is 8. The third-order valence-electron chi connectivity index (χ3n) is 6.26. The van der Waals surface area contributed by atoms with E-state index >= 15 is 0 Å². The fourth-order valence-corrected chi connectivity index (χ4v) is 4.45. The maximum absolute atomic E-state index is 13.5. The Labute approximate surface area is 221 Å². The summed E-state index contributed by atoms with van der Waals surface area (Å²) < 4.78 is 47.8. The first-order valence-electron chi connectivity index (χ1n) is 12.2. The highest BCUT2D eigenvalue weighted by Gasteiger charge is 2.31. The van der Waals surface area contributed by atoms with Crippen LogP contribution in [0.2, 0.25) is 0 Å². The average molecular weight is 540 g/mol. The van der Waals surface area contributed by atoms with Crippen molar-refractivity contribution in [2.75, 3.05) is 11.9 Å². The van der Waals surface area contributed by atoms with Gasteiger partial charge in [0.05, 0.1) is 5.56 Å². The SMILES string of the molecule is N#Cc1cc(C(=O)c2ccccc2OCC(=O)Nc2ccc(OC(F)(F)F)cc2)cn(C2CCCCC2)c1=O. The first-order chi connectivity index (χ1) is 18.6. The number of alkyl halides is 3. The zero-order valence-corrected chi connectivity index (χ0v) is 20.7. The van der Waals surface area contributed by atoms with E-state index in [9.17, 15) is 32.8 Å². The van der Waals surface area contributed by atoms with Crippen LogP contribution in [0.1, 0.15) is 59.6 Å². The van der Waals surface area contributed by atoms with Crippen molar-refractivity contribution in [2.45, 2.75) is 44.5 Å². The van der Waals surface area contributed by atoms with Gasteiger partial charge < -0.3 is 19.4 Å². The minimum absolute atomic E-state index is 0.0876. The minimum Gasteiger partial charge on any atom is -0.483 e. The zero-order valence-electron chi connectivity index (χ0n) is 20.7. The second-order valence-corrected chi connectivity index (χ2v) is 8.99. The molecule has 0 saturated heterocycles. The number of nitriles is 1. The lowest BCUT2D eigenvalue weighted by atomic mass is 9.94. The van der Waals surface area contributed by atoms with Crippen molar-refractivity contribution < 1.29 is 32.2 Å². The first-order valence-corrected chi connectivity index (χ1v) is 12.2. The molecule has 1 N–H and O–H groups in total. The van der Waals surface area contributed by atoms with Gasteiger partial charge in [-0.25, -0.2) is 0 Å². The Morgan fingerprint density at radius 2 is 1.74 bits per heavy atom. The number of benzene rings is 2. The summed E-state index contributed by atoms with van der Waals surface area (Å²) in [7, 11) is 0. The van der Waals surface area contributed by atoms with E-state index in [1.54, 1.807) is 12.1 Å². The lowest BCUT2D eigenvalue weighted by Crippen LogP contribution is -2.29. The van der Waals surface area contributed by atoms with Crippen molar-refractivity contribution in [1.29, 1.82) is 5.26 Å². The predicted molar refractivity (Wildman–Crippen MR) is 135 cm³/mol. The summed E-state index contributed by atoms with van der Waals surface area (Å²) in [6.45, 7) is -0.490. The van der Waals surface area contributed by atoms with E-state index in [-0.39, 0.29) is 34.2 Å². The molecule has 0 spiro atoms. The van der Waals surface area contributed by atoms with Crippen molar-refractivity contribution >= 4 is 17.4 Å². The Hall–Kier alpha value is -4.59. The summed E-state index contributed by atoms with van der Waals surface area (Å²) in [6.07, 6.45) is 1.22. The molecule has 8 nitrogen and oxygen atoms in total. The lowest BCUT2D eigenvalue weighted by Gasteiger charge is -2.24. The van der Waals surface area contributed by atoms with Crippen LogP contribution in [0.3, 0.4) is 0 Å². The van der Waals surface area contributed by atoms with E-state index in [1.807, 2.05) is 6.07 Å². The van der Waals surface area contributed by atoms with Gasteiger partial charge in [-0.1, -0.05) is 31.4 Å². The number of ketones is 1. The van der Waals surface area contributed by atoms with Crippen LogP contribution in [0.5, 0.6) is 11.5 Å². The number of amides is 1. The molecule has 0 radical (unpaired) electrons. The number of pyridine rings is 1. The van der Waals surface area contributed by atoms with Gasteiger partial charge in [0.1, 0.15) is 23.1 Å². The van der Waals surface area contributed by atoms with Crippen molar-refractivity contribution in [3.8, 4) is 17.6 Å². The maximum atomic E-state index is 13.5. The number of carbonyl (C=O) groups excluding carboxylic acids is 2. The van der Waals surface area contributed by atoms with Crippen LogP contribution in [0.4, 0.5) is 18.9 Å². The van der Waals surface area contributed by atoms with Crippen molar-refractivity contribution in [3.63, 3.8) is 0 Å². The number of para-hydroxylation sites is 1. The van der Waals surface area contributed by atoms with Crippen LogP contribution in [0.25, 0.3) is 0 Å².